The van der Waals surface area contributed by atoms with Crippen molar-refractivity contribution >= 4 is 23.2 Å². The van der Waals surface area contributed by atoms with E-state index in [4.69, 9.17) is 21.6 Å². The first-order valence-corrected chi connectivity index (χ1v) is 7.86. The van der Waals surface area contributed by atoms with Gasteiger partial charge < -0.3 is 15.4 Å². The van der Waals surface area contributed by atoms with Gasteiger partial charge >= 0.3 is 0 Å². The summed E-state index contributed by atoms with van der Waals surface area (Å²) in [5.41, 5.74) is 1.41. The molecular weight excluding hydrogens is 326 g/mol. The molecule has 0 radical (unpaired) electrons. The molecule has 0 saturated carbocycles. The summed E-state index contributed by atoms with van der Waals surface area (Å²) in [5.74, 6) is 0.537. The highest BCUT2D eigenvalue weighted by Crippen LogP contribution is 2.13. The highest BCUT2D eigenvalue weighted by atomic mass is 35.5. The Kier molecular flexibility index (Phi) is 6.47. The third-order valence-corrected chi connectivity index (χ3v) is 3.44. The van der Waals surface area contributed by atoms with E-state index in [0.29, 0.717) is 22.9 Å². The van der Waals surface area contributed by atoms with Crippen molar-refractivity contribution in [2.75, 3.05) is 18.5 Å². The fourth-order valence-electron chi connectivity index (χ4n) is 1.96. The van der Waals surface area contributed by atoms with Gasteiger partial charge in [0.15, 0.2) is 0 Å². The van der Waals surface area contributed by atoms with E-state index >= 15 is 0 Å². The lowest BCUT2D eigenvalue weighted by atomic mass is 10.2. The minimum Gasteiger partial charge on any atom is -0.491 e. The maximum absolute atomic E-state index is 11.9. The van der Waals surface area contributed by atoms with Crippen LogP contribution >= 0.6 is 11.6 Å². The number of hydrogen-bond acceptors (Lipinski definition) is 4. The Labute approximate surface area is 146 Å². The van der Waals surface area contributed by atoms with E-state index in [1.54, 1.807) is 36.4 Å². The van der Waals surface area contributed by atoms with Gasteiger partial charge in [0.2, 0.25) is 5.91 Å². The summed E-state index contributed by atoms with van der Waals surface area (Å²) in [4.78, 5) is 11.9. The van der Waals surface area contributed by atoms with E-state index in [-0.39, 0.29) is 18.5 Å². The van der Waals surface area contributed by atoms with Crippen LogP contribution in [0.2, 0.25) is 5.02 Å². The Hall–Kier alpha value is -2.71. The summed E-state index contributed by atoms with van der Waals surface area (Å²) >= 11 is 5.81. The second-order valence-electron chi connectivity index (χ2n) is 5.28. The molecule has 0 spiro atoms. The van der Waals surface area contributed by atoms with Gasteiger partial charge in [-0.05, 0) is 55.5 Å². The molecule has 2 aromatic carbocycles. The Morgan fingerprint density at radius 1 is 1.21 bits per heavy atom. The molecule has 0 heterocycles. The molecule has 2 rings (SSSR count). The Bertz CT molecular complexity index is 709. The molecule has 24 heavy (non-hydrogen) atoms. The highest BCUT2D eigenvalue weighted by molar-refractivity contribution is 6.30. The SMILES string of the molecule is CC(COc1ccc(C#N)cc1)NC(=O)CNc1ccc(Cl)cc1. The molecule has 0 bridgehead atoms. The zero-order valence-corrected chi connectivity index (χ0v) is 14.0. The molecule has 0 saturated heterocycles. The number of nitrogens with zero attached hydrogens (tertiary/aromatic N) is 1. The first-order valence-electron chi connectivity index (χ1n) is 7.48. The number of ether oxygens (including phenoxy) is 1. The smallest absolute Gasteiger partial charge is 0.239 e. The zero-order valence-electron chi connectivity index (χ0n) is 13.3. The molecule has 0 aliphatic heterocycles. The van der Waals surface area contributed by atoms with Crippen LogP contribution in [0.4, 0.5) is 5.69 Å². The second kappa shape index (κ2) is 8.80. The molecule has 0 aliphatic carbocycles. The van der Waals surface area contributed by atoms with Crippen LogP contribution < -0.4 is 15.4 Å². The number of carbonyl (C=O) groups is 1. The predicted octanol–water partition coefficient (Wildman–Crippen LogP) is 3.21. The van der Waals surface area contributed by atoms with Crippen LogP contribution in [0.5, 0.6) is 5.75 Å². The zero-order chi connectivity index (χ0) is 17.4. The van der Waals surface area contributed by atoms with Crippen LogP contribution in [-0.4, -0.2) is 25.1 Å². The van der Waals surface area contributed by atoms with Crippen molar-refractivity contribution < 1.29 is 9.53 Å². The number of carbonyl (C=O) groups excluding carboxylic acids is 1. The maximum atomic E-state index is 11.9. The standard InChI is InChI=1S/C18H18ClN3O2/c1-13(12-24-17-8-2-14(10-20)3-9-17)22-18(23)11-21-16-6-4-15(19)5-7-16/h2-9,13,21H,11-12H2,1H3,(H,22,23). The van der Waals surface area contributed by atoms with E-state index < -0.39 is 0 Å². The number of anilines is 1. The molecule has 6 heteroatoms. The monoisotopic (exact) mass is 343 g/mol. The average molecular weight is 344 g/mol. The number of amides is 1. The summed E-state index contributed by atoms with van der Waals surface area (Å²) in [5, 5.41) is 15.3. The van der Waals surface area contributed by atoms with Crippen molar-refractivity contribution in [1.29, 1.82) is 5.26 Å². The van der Waals surface area contributed by atoms with Gasteiger partial charge in [0.05, 0.1) is 24.2 Å². The van der Waals surface area contributed by atoms with E-state index in [0.717, 1.165) is 5.69 Å². The molecule has 1 atom stereocenters. The summed E-state index contributed by atoms with van der Waals surface area (Å²) < 4.78 is 5.58. The topological polar surface area (TPSA) is 74.1 Å². The Morgan fingerprint density at radius 3 is 2.50 bits per heavy atom. The summed E-state index contributed by atoms with van der Waals surface area (Å²) in [6.07, 6.45) is 0. The number of nitriles is 1. The van der Waals surface area contributed by atoms with Crippen LogP contribution in [-0.2, 0) is 4.79 Å². The summed E-state index contributed by atoms with van der Waals surface area (Å²) in [7, 11) is 0. The largest absolute Gasteiger partial charge is 0.491 e. The van der Waals surface area contributed by atoms with Gasteiger partial charge in [0.1, 0.15) is 12.4 Å². The van der Waals surface area contributed by atoms with Gasteiger partial charge in [-0.2, -0.15) is 5.26 Å². The molecule has 5 nitrogen and oxygen atoms in total. The van der Waals surface area contributed by atoms with Crippen LogP contribution in [0.15, 0.2) is 48.5 Å². The molecule has 1 unspecified atom stereocenters. The van der Waals surface area contributed by atoms with Crippen molar-refractivity contribution in [3.05, 3.63) is 59.1 Å². The third-order valence-electron chi connectivity index (χ3n) is 3.19. The fraction of sp³-hybridized carbons (Fsp3) is 0.222. The first kappa shape index (κ1) is 17.6. The van der Waals surface area contributed by atoms with E-state index in [1.165, 1.54) is 0 Å². The Morgan fingerprint density at radius 2 is 1.88 bits per heavy atom. The van der Waals surface area contributed by atoms with Crippen molar-refractivity contribution in [1.82, 2.24) is 5.32 Å². The number of nitrogens with one attached hydrogen (secondary N) is 2. The van der Waals surface area contributed by atoms with Gasteiger partial charge in [-0.3, -0.25) is 4.79 Å². The first-order chi connectivity index (χ1) is 11.6. The molecule has 0 aromatic heterocycles. The third kappa shape index (κ3) is 5.82. The minimum atomic E-state index is -0.139. The lowest BCUT2D eigenvalue weighted by Gasteiger charge is -2.15. The number of halogens is 1. The maximum Gasteiger partial charge on any atom is 0.239 e. The van der Waals surface area contributed by atoms with Crippen LogP contribution in [0, 0.1) is 11.3 Å². The van der Waals surface area contributed by atoms with Crippen molar-refractivity contribution in [3.63, 3.8) is 0 Å². The van der Waals surface area contributed by atoms with Gasteiger partial charge in [0.25, 0.3) is 0 Å². The summed E-state index contributed by atoms with van der Waals surface area (Å²) in [6, 6.07) is 15.9. The van der Waals surface area contributed by atoms with Crippen LogP contribution in [0.25, 0.3) is 0 Å². The number of benzene rings is 2. The molecule has 1 amide bonds. The van der Waals surface area contributed by atoms with Crippen LogP contribution in [0.3, 0.4) is 0 Å². The van der Waals surface area contributed by atoms with Gasteiger partial charge in [-0.15, -0.1) is 0 Å². The second-order valence-corrected chi connectivity index (χ2v) is 5.71. The van der Waals surface area contributed by atoms with Gasteiger partial charge in [-0.1, -0.05) is 11.6 Å². The lowest BCUT2D eigenvalue weighted by molar-refractivity contribution is -0.120. The molecule has 2 aromatic rings. The molecular formula is C18H18ClN3O2. The Balaban J connectivity index is 1.70. The van der Waals surface area contributed by atoms with Gasteiger partial charge in [-0.25, -0.2) is 0 Å². The molecule has 2 N–H and O–H groups in total. The lowest BCUT2D eigenvalue weighted by Crippen LogP contribution is -2.39. The number of hydrogen-bond donors (Lipinski definition) is 2. The predicted molar refractivity (Wildman–Crippen MR) is 94.2 cm³/mol. The fourth-order valence-corrected chi connectivity index (χ4v) is 2.09. The van der Waals surface area contributed by atoms with Crippen molar-refractivity contribution in [2.45, 2.75) is 13.0 Å². The summed E-state index contributed by atoms with van der Waals surface area (Å²) in [6.45, 7) is 2.38. The van der Waals surface area contributed by atoms with E-state index in [2.05, 4.69) is 10.6 Å². The van der Waals surface area contributed by atoms with E-state index in [9.17, 15) is 4.79 Å². The van der Waals surface area contributed by atoms with Crippen molar-refractivity contribution in [2.24, 2.45) is 0 Å². The average Bonchev–Trinajstić information content (AvgIpc) is 2.60. The number of rotatable bonds is 7. The molecule has 0 aliphatic rings. The molecule has 124 valence electrons. The van der Waals surface area contributed by atoms with Gasteiger partial charge in [0, 0.05) is 10.7 Å². The highest BCUT2D eigenvalue weighted by Gasteiger charge is 2.08. The quantitative estimate of drug-likeness (QED) is 0.809. The minimum absolute atomic E-state index is 0.124. The normalized spacial score (nSPS) is 11.2. The van der Waals surface area contributed by atoms with E-state index in [1.807, 2.05) is 25.1 Å². The van der Waals surface area contributed by atoms with Crippen LogP contribution in [0.1, 0.15) is 12.5 Å². The van der Waals surface area contributed by atoms with Crippen molar-refractivity contribution in [3.8, 4) is 11.8 Å². The molecule has 0 fully saturated rings.